The van der Waals surface area contributed by atoms with E-state index < -0.39 is 220 Å². The van der Waals surface area contributed by atoms with Crippen LogP contribution in [0.4, 0.5) is 0 Å². The first-order chi connectivity index (χ1) is 59.0. The average molecular weight is 1820 g/mol. The van der Waals surface area contributed by atoms with Crippen LogP contribution in [0.5, 0.6) is 0 Å². The van der Waals surface area contributed by atoms with Gasteiger partial charge in [-0.1, -0.05) is 128 Å². The number of rotatable bonds is 50. The molecule has 13 N–H and O–H groups in total. The first-order valence-corrected chi connectivity index (χ1v) is 46.0. The van der Waals surface area contributed by atoms with E-state index in [1.54, 1.807) is 6.08 Å². The molecular formula is C88H138O35P2-4. The van der Waals surface area contributed by atoms with Gasteiger partial charge < -0.3 is 153 Å². The molecule has 0 bridgehead atoms. The molecule has 125 heavy (non-hydrogen) atoms. The van der Waals surface area contributed by atoms with Crippen molar-refractivity contribution in [3.63, 3.8) is 0 Å². The molecule has 28 atom stereocenters. The fourth-order valence-corrected chi connectivity index (χ4v) is 17.0. The van der Waals surface area contributed by atoms with E-state index >= 15 is 0 Å². The summed E-state index contributed by atoms with van der Waals surface area (Å²) < 4.78 is 100. The maximum absolute atomic E-state index is 13.1. The van der Waals surface area contributed by atoms with Crippen LogP contribution in [0.1, 0.15) is 218 Å². The molecule has 0 aliphatic carbocycles. The van der Waals surface area contributed by atoms with E-state index in [0.29, 0.717) is 18.4 Å². The van der Waals surface area contributed by atoms with Crippen molar-refractivity contribution in [1.29, 1.82) is 0 Å². The summed E-state index contributed by atoms with van der Waals surface area (Å²) >= 11 is 0. The number of aliphatic hydroxyl groups excluding tert-OH is 13. The summed E-state index contributed by atoms with van der Waals surface area (Å²) in [4.78, 5) is 50.3. The molecule has 37 heteroatoms. The number of carboxylic acids is 2. The highest BCUT2D eigenvalue weighted by atomic mass is 31.3. The molecule has 0 aromatic rings. The Morgan fingerprint density at radius 2 is 0.720 bits per heavy atom. The Kier molecular flexibility index (Phi) is 46.4. The van der Waals surface area contributed by atoms with E-state index in [1.807, 2.05) is 6.92 Å². The molecule has 6 aliphatic heterocycles. The summed E-state index contributed by atoms with van der Waals surface area (Å²) in [7, 11) is -11.9. The molecule has 0 spiro atoms. The minimum Gasteiger partial charge on any atom is -0.756 e. The van der Waals surface area contributed by atoms with Gasteiger partial charge in [-0.2, -0.15) is 0 Å². The Hall–Kier alpha value is -4.62. The van der Waals surface area contributed by atoms with Gasteiger partial charge in [0.15, 0.2) is 31.5 Å². The van der Waals surface area contributed by atoms with Crippen molar-refractivity contribution in [3.05, 3.63) is 128 Å². The van der Waals surface area contributed by atoms with Crippen LogP contribution in [-0.4, -0.2) is 271 Å². The molecule has 35 nitrogen and oxygen atoms in total. The van der Waals surface area contributed by atoms with Crippen molar-refractivity contribution in [2.24, 2.45) is 0 Å². The molecular weight excluding hydrogens is 1680 g/mol. The Bertz CT molecular complexity index is 3830. The molecule has 3 unspecified atom stereocenters. The predicted molar refractivity (Wildman–Crippen MR) is 446 cm³/mol. The van der Waals surface area contributed by atoms with Crippen LogP contribution in [-0.2, 0) is 84.2 Å². The summed E-state index contributed by atoms with van der Waals surface area (Å²) in [5.74, 6) is -6.45. The zero-order chi connectivity index (χ0) is 92.8. The number of phosphoric acid groups is 2. The van der Waals surface area contributed by atoms with Crippen molar-refractivity contribution in [2.45, 2.75) is 378 Å². The number of ether oxygens (including phenoxy) is 11. The predicted octanol–water partition coefficient (Wildman–Crippen LogP) is 4.59. The second-order valence-electron chi connectivity index (χ2n) is 33.8. The minimum atomic E-state index is -6.14. The van der Waals surface area contributed by atoms with Crippen molar-refractivity contribution < 1.29 is 171 Å². The van der Waals surface area contributed by atoms with Crippen molar-refractivity contribution in [1.82, 2.24) is 0 Å². The highest BCUT2D eigenvalue weighted by Gasteiger charge is 2.59. The van der Waals surface area contributed by atoms with Gasteiger partial charge in [0.05, 0.1) is 39.0 Å². The first-order valence-electron chi connectivity index (χ1n) is 43.1. The second-order valence-corrected chi connectivity index (χ2v) is 36.7. The third kappa shape index (κ3) is 34.8. The van der Waals surface area contributed by atoms with Gasteiger partial charge in [-0.3, -0.25) is 13.7 Å². The third-order valence-electron chi connectivity index (χ3n) is 23.0. The van der Waals surface area contributed by atoms with Gasteiger partial charge >= 0.3 is 0 Å². The van der Waals surface area contributed by atoms with E-state index in [4.69, 9.17) is 61.2 Å². The maximum atomic E-state index is 13.1. The normalized spacial score (nSPS) is 34.8. The zero-order valence-electron chi connectivity index (χ0n) is 74.2. The Labute approximate surface area is 733 Å². The van der Waals surface area contributed by atoms with Crippen LogP contribution in [0.3, 0.4) is 0 Å². The number of carbonyl (C=O) groups is 2. The molecule has 0 aromatic carbocycles. The number of phosphoric ester groups is 2. The summed E-state index contributed by atoms with van der Waals surface area (Å²) in [6.07, 6.45) is -9.91. The van der Waals surface area contributed by atoms with Crippen molar-refractivity contribution >= 4 is 27.6 Å². The Morgan fingerprint density at radius 3 is 1.14 bits per heavy atom. The highest BCUT2D eigenvalue weighted by Crippen LogP contribution is 2.57. The summed E-state index contributed by atoms with van der Waals surface area (Å²) in [6, 6.07) is 0. The topological polar surface area (TPSA) is 553 Å². The lowest BCUT2D eigenvalue weighted by Gasteiger charge is -2.51. The van der Waals surface area contributed by atoms with Crippen LogP contribution in [0.25, 0.3) is 0 Å². The summed E-state index contributed by atoms with van der Waals surface area (Å²) in [6.45, 7) is 21.8. The second kappa shape index (κ2) is 53.2. The van der Waals surface area contributed by atoms with Crippen LogP contribution < -0.4 is 20.0 Å². The Morgan fingerprint density at radius 1 is 0.384 bits per heavy atom. The van der Waals surface area contributed by atoms with E-state index in [1.165, 1.54) is 57.1 Å². The monoisotopic (exact) mass is 1820 g/mol. The number of fused-ring (bicyclic) bond motifs is 1. The minimum absolute atomic E-state index is 0.384. The largest absolute Gasteiger partial charge is 0.756 e. The van der Waals surface area contributed by atoms with E-state index in [2.05, 4.69) is 134 Å². The molecule has 0 aromatic heterocycles. The first kappa shape index (κ1) is 109. The molecule has 714 valence electrons. The number of hydrogen-bond donors (Lipinski definition) is 13. The lowest BCUT2D eigenvalue weighted by molar-refractivity contribution is -0.421. The number of carbonyl (C=O) groups excluding carboxylic acids is 2. The van der Waals surface area contributed by atoms with Gasteiger partial charge in [0.1, 0.15) is 128 Å². The highest BCUT2D eigenvalue weighted by molar-refractivity contribution is 7.59. The molecule has 0 radical (unpaired) electrons. The van der Waals surface area contributed by atoms with Crippen molar-refractivity contribution in [2.75, 3.05) is 33.0 Å². The van der Waals surface area contributed by atoms with Crippen LogP contribution in [0, 0.1) is 0 Å². The third-order valence-corrected chi connectivity index (χ3v) is 25.5. The lowest BCUT2D eigenvalue weighted by Crippen LogP contribution is -2.70. The smallest absolute Gasteiger partial charge is 0.276 e. The molecule has 0 saturated carbocycles. The molecule has 6 heterocycles. The van der Waals surface area contributed by atoms with Crippen LogP contribution in [0.2, 0.25) is 0 Å². The molecule has 6 rings (SSSR count). The number of hydrogen-bond acceptors (Lipinski definition) is 35. The van der Waals surface area contributed by atoms with Gasteiger partial charge in [-0.15, -0.1) is 0 Å². The van der Waals surface area contributed by atoms with Crippen LogP contribution >= 0.6 is 15.6 Å². The molecule has 0 amide bonds. The fraction of sp³-hybridized carbons (Fsp3) is 0.727. The van der Waals surface area contributed by atoms with Gasteiger partial charge in [-0.25, -0.2) is 4.31 Å². The fourth-order valence-electron chi connectivity index (χ4n) is 14.9. The maximum Gasteiger partial charge on any atom is 0.276 e. The number of aliphatic carboxylic acids is 2. The number of aliphatic hydroxyl groups is 13. The summed E-state index contributed by atoms with van der Waals surface area (Å²) in [5, 5.41) is 168. The Balaban J connectivity index is 0.889. The SMILES string of the molecule is C/C=C(/C)CC/C=C(/C)CC/C=C(/C)CC/C=C(/C)CC/C=C(/C)CC/C=C(/C)CC/C=C(/C)CC/C=C(/C)CC/C=C(\C)CC/C=C(\C)CC/C=C(\C)COP(=O)([O-])OP(=O)([O-])O[C@H]1O[C@H](CO)[C@@H](O[C@@H]2O[C@H](CO)[C@@H](O)[C@H](O[C@H]3O[C@H](CO)[C@@H](O)[C@H](O)[C@@H]3O[C@@H]3O[C@H](C(=O)[O-])[C@@H](O[C@@H]4O[C@@H]5COC(C)(C(=O)[O-])O[C@H]5[C@H](O)[C@@H]4O)[C@H](O)[C@H]3O)[C@H]2O)[C@H](O)[C@H]1O. The number of carboxylic acid groups (broad SMARTS) is 2. The zero-order valence-corrected chi connectivity index (χ0v) is 75.9. The van der Waals surface area contributed by atoms with E-state index in [-0.39, 0.29) is 0 Å². The van der Waals surface area contributed by atoms with E-state index in [9.17, 15) is 105 Å². The van der Waals surface area contributed by atoms with Gasteiger partial charge in [0, 0.05) is 0 Å². The molecule has 6 saturated heterocycles. The molecule has 6 aliphatic rings. The van der Waals surface area contributed by atoms with Crippen LogP contribution in [0.15, 0.2) is 128 Å². The van der Waals surface area contributed by atoms with Gasteiger partial charge in [0.2, 0.25) is 5.79 Å². The standard InChI is InChI=1S/C88H142O35P2/c1-14-50(2)25-15-26-51(3)27-16-28-52(4)29-17-30-53(5)31-18-32-54(6)33-19-34-55(7)35-20-36-56(8)37-21-38-57(9)39-22-40-58(10)41-23-42-59(11)43-24-44-60(12)48-111-124(106,107)123-125(108,109)122-85-73(100)68(95)75(63(47-91)114-85)116-84-74(101)77(66(93)62(46-90)112-84)117-86-79(67(94)65(92)61(45-89)113-86)119-83-72(99)70(97)78(80(120-83)81(102)103)118-82-71(98)69(96)76-64(115-82)49-110-88(13,121-76)87(104)105/h14,26,28,30,32,34,36,38,40,42,44,61-80,82-86,89-101H,15-25,27,29,31,33,35,37,39,41,43,45-49H2,1-13H3,(H,102,103)(H,104,105)(H,106,107)(H,108,109)/p-4/b50-14-,51-26-,52-28-,53-30-,54-32-,55-34-,56-36-,57-38-,58-40+,59-42+,60-44+/t61-,62-,63-,64-,65-,66-,67+,68-,69-,70-,71+,72-,73-,74-,75-,76-,77+,78+,79+,80+,82+,83-,84+,85-,86-,88?/m1/s1. The van der Waals surface area contributed by atoms with Gasteiger partial charge in [0.25, 0.3) is 15.6 Å². The molecule has 6 fully saturated rings. The van der Waals surface area contributed by atoms with Gasteiger partial charge in [-0.05, 0) is 218 Å². The average Bonchev–Trinajstić information content (AvgIpc) is 0.766. The van der Waals surface area contributed by atoms with E-state index in [0.717, 1.165) is 128 Å². The quantitative estimate of drug-likeness (QED) is 0.0293. The van der Waals surface area contributed by atoms with Crippen molar-refractivity contribution in [3.8, 4) is 0 Å². The summed E-state index contributed by atoms with van der Waals surface area (Å²) in [5.41, 5.74) is 14.3. The lowest BCUT2D eigenvalue weighted by atomic mass is 9.95. The number of allylic oxidation sites excluding steroid dienone is 21.